The van der Waals surface area contributed by atoms with E-state index in [0.717, 1.165) is 29.3 Å². The number of carbonyl (C=O) groups excluding carboxylic acids is 1. The van der Waals surface area contributed by atoms with Crippen LogP contribution >= 0.6 is 11.8 Å². The average molecular weight is 494 g/mol. The number of thioether (sulfide) groups is 1. The van der Waals surface area contributed by atoms with Gasteiger partial charge in [-0.25, -0.2) is 4.98 Å². The molecule has 0 radical (unpaired) electrons. The van der Waals surface area contributed by atoms with E-state index in [-0.39, 0.29) is 39.1 Å². The van der Waals surface area contributed by atoms with Crippen LogP contribution in [-0.4, -0.2) is 28.0 Å². The highest BCUT2D eigenvalue weighted by molar-refractivity contribution is 8.00. The monoisotopic (exact) mass is 493 g/mol. The number of hydrogen-bond acceptors (Lipinski definition) is 10. The van der Waals surface area contributed by atoms with Gasteiger partial charge in [0.05, 0.1) is 28.3 Å². The van der Waals surface area contributed by atoms with Crippen LogP contribution in [-0.2, 0) is 11.8 Å². The number of amides is 1. The fourth-order valence-corrected chi connectivity index (χ4v) is 4.05. The lowest BCUT2D eigenvalue weighted by Gasteiger charge is -2.15. The number of nitrogens with one attached hydrogen (secondary N) is 1. The van der Waals surface area contributed by atoms with Gasteiger partial charge in [-0.15, -0.1) is 0 Å². The van der Waals surface area contributed by atoms with Crippen LogP contribution in [0.4, 0.5) is 11.5 Å². The molecule has 1 amide bonds. The minimum atomic E-state index is -0.838. The molecule has 0 aliphatic carbocycles. The summed E-state index contributed by atoms with van der Waals surface area (Å²) in [6.45, 7) is 4.34. The number of unbranched alkanes of at least 4 members (excludes halogenated alkanes) is 1. The summed E-state index contributed by atoms with van der Waals surface area (Å²) in [5.41, 5.74) is 6.15. The lowest BCUT2D eigenvalue weighted by Crippen LogP contribution is -2.32. The van der Waals surface area contributed by atoms with E-state index >= 15 is 0 Å². The number of nitrogens with zero attached hydrogens (tertiary/aromatic N) is 5. The van der Waals surface area contributed by atoms with E-state index in [1.807, 2.05) is 12.1 Å². The third kappa shape index (κ3) is 5.62. The van der Waals surface area contributed by atoms with E-state index in [4.69, 9.17) is 10.5 Å². The first-order chi connectivity index (χ1) is 16.8. The molecule has 11 nitrogen and oxygen atoms in total. The van der Waals surface area contributed by atoms with Crippen LogP contribution < -0.4 is 25.6 Å². The van der Waals surface area contributed by atoms with Gasteiger partial charge in [-0.1, -0.05) is 29.8 Å². The molecular formula is C23H23N7O4S. The van der Waals surface area contributed by atoms with E-state index in [0.29, 0.717) is 18.0 Å². The van der Waals surface area contributed by atoms with E-state index < -0.39 is 11.2 Å². The Bertz CT molecular complexity index is 1290. The Morgan fingerprint density at radius 2 is 2.00 bits per heavy atom. The molecule has 0 aliphatic rings. The van der Waals surface area contributed by atoms with Gasteiger partial charge < -0.3 is 25.4 Å². The number of hydrogen-bond donors (Lipinski definition) is 2. The van der Waals surface area contributed by atoms with Crippen molar-refractivity contribution in [1.82, 2.24) is 10.3 Å². The standard InChI is InChI=1S/C23H23N7O4S/c1-4-5-10-33-15-8-6-14(7-9-15)27-21(31)13(2)35-22-17(12-25)18(16(11-24)20(26)28-22)19-23(32)34-29-30(19)3/h6-9,13H,4-5,10H2,1-3H3,(H3-,26,27,28,29,31,32). The molecule has 3 rings (SSSR count). The van der Waals surface area contributed by atoms with E-state index in [9.17, 15) is 20.4 Å². The molecule has 0 saturated heterocycles. The molecule has 0 aliphatic heterocycles. The summed E-state index contributed by atoms with van der Waals surface area (Å²) in [6, 6.07) is 10.9. The Labute approximate surface area is 206 Å². The molecule has 3 N–H and O–H groups in total. The number of anilines is 2. The zero-order valence-electron chi connectivity index (χ0n) is 19.4. The Hall–Kier alpha value is -4.29. The maximum Gasteiger partial charge on any atom is 0.266 e. The van der Waals surface area contributed by atoms with Gasteiger partial charge in [0, 0.05) is 5.69 Å². The van der Waals surface area contributed by atoms with Gasteiger partial charge in [-0.05, 0) is 37.6 Å². The molecule has 3 aromatic rings. The van der Waals surface area contributed by atoms with Crippen LogP contribution in [0.2, 0.25) is 0 Å². The molecule has 180 valence electrons. The molecular weight excluding hydrogens is 470 g/mol. The second-order valence-electron chi connectivity index (χ2n) is 7.46. The Balaban J connectivity index is 1.84. The predicted octanol–water partition coefficient (Wildman–Crippen LogP) is 2.26. The Morgan fingerprint density at radius 3 is 2.57 bits per heavy atom. The first kappa shape index (κ1) is 25.3. The molecule has 0 fully saturated rings. The molecule has 35 heavy (non-hydrogen) atoms. The molecule has 0 bridgehead atoms. The third-order valence-electron chi connectivity index (χ3n) is 4.96. The number of ether oxygens (including phenoxy) is 1. The van der Waals surface area contributed by atoms with Crippen molar-refractivity contribution >= 4 is 29.2 Å². The Morgan fingerprint density at radius 1 is 1.31 bits per heavy atom. The van der Waals surface area contributed by atoms with Gasteiger partial charge in [0.15, 0.2) is 13.0 Å². The minimum absolute atomic E-state index is 0.0370. The number of benzene rings is 1. The summed E-state index contributed by atoms with van der Waals surface area (Å²) < 4.78 is 11.4. The van der Waals surface area contributed by atoms with Crippen LogP contribution in [0.3, 0.4) is 0 Å². The number of aryl methyl sites for hydroxylation is 1. The van der Waals surface area contributed by atoms with Crippen LogP contribution in [0.15, 0.2) is 33.8 Å². The van der Waals surface area contributed by atoms with Crippen molar-refractivity contribution in [3.8, 4) is 35.1 Å². The number of carbonyl (C=O) groups is 1. The number of aromatic nitrogens is 3. The quantitative estimate of drug-likeness (QED) is 0.255. The number of nitriles is 2. The largest absolute Gasteiger partial charge is 0.539 e. The summed E-state index contributed by atoms with van der Waals surface area (Å²) in [7, 11) is 1.43. The lowest BCUT2D eigenvalue weighted by molar-refractivity contribution is -0.730. The zero-order valence-corrected chi connectivity index (χ0v) is 20.2. The topological polar surface area (TPSA) is 178 Å². The summed E-state index contributed by atoms with van der Waals surface area (Å²) in [5.74, 6) is -0.655. The van der Waals surface area contributed by atoms with Gasteiger partial charge in [-0.3, -0.25) is 4.79 Å². The minimum Gasteiger partial charge on any atom is -0.539 e. The second-order valence-corrected chi connectivity index (χ2v) is 8.79. The van der Waals surface area contributed by atoms with Gasteiger partial charge in [0.2, 0.25) is 5.91 Å². The van der Waals surface area contributed by atoms with Crippen molar-refractivity contribution < 1.29 is 23.8 Å². The summed E-state index contributed by atoms with van der Waals surface area (Å²) in [5, 5.41) is 37.4. The number of pyridine rings is 1. The predicted molar refractivity (Wildman–Crippen MR) is 125 cm³/mol. The molecule has 0 saturated carbocycles. The SMILES string of the molecule is CCCCOc1ccc(NC(=O)C(C)Sc2nc(N)c(C#N)c(-c3c([O-])on[n+]3C)c2C#N)cc1. The highest BCUT2D eigenvalue weighted by Crippen LogP contribution is 2.38. The van der Waals surface area contributed by atoms with Gasteiger partial charge in [0.25, 0.3) is 5.69 Å². The van der Waals surface area contributed by atoms with Gasteiger partial charge >= 0.3 is 0 Å². The van der Waals surface area contributed by atoms with Gasteiger partial charge in [-0.2, -0.15) is 10.5 Å². The second kappa shape index (κ2) is 11.2. The normalized spacial score (nSPS) is 11.3. The number of nitrogens with two attached hydrogens (primary N) is 1. The highest BCUT2D eigenvalue weighted by atomic mass is 32.2. The Kier molecular flexibility index (Phi) is 8.12. The zero-order chi connectivity index (χ0) is 25.5. The first-order valence-corrected chi connectivity index (χ1v) is 11.6. The maximum atomic E-state index is 12.8. The number of nitrogen functional groups attached to an aromatic ring is 1. The van der Waals surface area contributed by atoms with Crippen molar-refractivity contribution in [2.45, 2.75) is 37.0 Å². The van der Waals surface area contributed by atoms with Crippen molar-refractivity contribution in [3.05, 3.63) is 35.4 Å². The molecule has 1 aromatic carbocycles. The molecule has 0 spiro atoms. The van der Waals surface area contributed by atoms with E-state index in [2.05, 4.69) is 27.0 Å². The summed E-state index contributed by atoms with van der Waals surface area (Å²) in [6.07, 6.45) is 1.99. The fourth-order valence-electron chi connectivity index (χ4n) is 3.13. The molecule has 2 heterocycles. The highest BCUT2D eigenvalue weighted by Gasteiger charge is 2.30. The summed E-state index contributed by atoms with van der Waals surface area (Å²) >= 11 is 0.973. The average Bonchev–Trinajstić information content (AvgIpc) is 3.17. The molecule has 1 atom stereocenters. The van der Waals surface area contributed by atoms with E-state index in [1.54, 1.807) is 31.2 Å². The van der Waals surface area contributed by atoms with Crippen molar-refractivity contribution in [1.29, 1.82) is 10.5 Å². The van der Waals surface area contributed by atoms with Crippen LogP contribution in [0.5, 0.6) is 11.7 Å². The van der Waals surface area contributed by atoms with E-state index in [1.165, 1.54) is 7.05 Å². The maximum absolute atomic E-state index is 12.8. The molecule has 1 unspecified atom stereocenters. The third-order valence-corrected chi connectivity index (χ3v) is 6.05. The summed E-state index contributed by atoms with van der Waals surface area (Å²) in [4.78, 5) is 17.0. The van der Waals surface area contributed by atoms with Crippen LogP contribution in [0, 0.1) is 22.7 Å². The smallest absolute Gasteiger partial charge is 0.266 e. The van der Waals surface area contributed by atoms with Crippen molar-refractivity contribution in [3.63, 3.8) is 0 Å². The van der Waals surface area contributed by atoms with Gasteiger partial charge in [0.1, 0.15) is 34.3 Å². The van der Waals surface area contributed by atoms with Crippen molar-refractivity contribution in [2.75, 3.05) is 17.7 Å². The number of rotatable bonds is 9. The fraction of sp³-hybridized carbons (Fsp3) is 0.304. The van der Waals surface area contributed by atoms with Crippen LogP contribution in [0.25, 0.3) is 11.3 Å². The first-order valence-electron chi connectivity index (χ1n) is 10.7. The molecule has 12 heteroatoms. The van der Waals surface area contributed by atoms with Crippen molar-refractivity contribution in [2.24, 2.45) is 7.05 Å². The lowest BCUT2D eigenvalue weighted by atomic mass is 10.0. The van der Waals surface area contributed by atoms with Crippen LogP contribution in [0.1, 0.15) is 37.8 Å². The molecule has 2 aromatic heterocycles.